The molecule has 0 atom stereocenters. The maximum absolute atomic E-state index is 11.9. The van der Waals surface area contributed by atoms with Crippen LogP contribution in [0.1, 0.15) is 56.7 Å². The Morgan fingerprint density at radius 2 is 1.91 bits per heavy atom. The zero-order valence-corrected chi connectivity index (χ0v) is 14.2. The smallest absolute Gasteiger partial charge is 0.321 e. The van der Waals surface area contributed by atoms with E-state index in [-0.39, 0.29) is 23.7 Å². The third kappa shape index (κ3) is 4.46. The van der Waals surface area contributed by atoms with Gasteiger partial charge in [-0.15, -0.1) is 10.2 Å². The average molecular weight is 337 g/mol. The summed E-state index contributed by atoms with van der Waals surface area (Å²) < 4.78 is 1.94. The van der Waals surface area contributed by atoms with Crippen molar-refractivity contribution >= 4 is 23.7 Å². The molecule has 2 N–H and O–H groups in total. The normalized spacial score (nSPS) is 18.7. The summed E-state index contributed by atoms with van der Waals surface area (Å²) in [6, 6.07) is -0.192. The quantitative estimate of drug-likeness (QED) is 0.802. The first-order valence-electron chi connectivity index (χ1n) is 8.26. The molecule has 7 nitrogen and oxygen atoms in total. The topological polar surface area (TPSA) is 88.9 Å². The molecule has 1 aromatic heterocycles. The van der Waals surface area contributed by atoms with Crippen LogP contribution in [0.2, 0.25) is 0 Å². The highest BCUT2D eigenvalue weighted by Crippen LogP contribution is 2.39. The summed E-state index contributed by atoms with van der Waals surface area (Å²) in [5, 5.41) is 14.3. The van der Waals surface area contributed by atoms with Crippen LogP contribution < -0.4 is 10.6 Å². The Morgan fingerprint density at radius 3 is 2.61 bits per heavy atom. The van der Waals surface area contributed by atoms with Gasteiger partial charge in [-0.2, -0.15) is 0 Å². The monoisotopic (exact) mass is 337 g/mol. The number of urea groups is 1. The highest BCUT2D eigenvalue weighted by molar-refractivity contribution is 7.99. The zero-order chi connectivity index (χ0) is 16.2. The summed E-state index contributed by atoms with van der Waals surface area (Å²) in [6.45, 7) is 0. The first kappa shape index (κ1) is 16.3. The van der Waals surface area contributed by atoms with Crippen LogP contribution in [0.3, 0.4) is 0 Å². The van der Waals surface area contributed by atoms with Crippen molar-refractivity contribution in [1.29, 1.82) is 0 Å². The molecule has 1 aromatic rings. The van der Waals surface area contributed by atoms with Crippen LogP contribution >= 0.6 is 11.8 Å². The molecule has 0 radical (unpaired) electrons. The molecule has 2 fully saturated rings. The molecule has 2 aliphatic rings. The van der Waals surface area contributed by atoms with Gasteiger partial charge in [-0.3, -0.25) is 10.1 Å². The molecule has 0 bridgehead atoms. The van der Waals surface area contributed by atoms with E-state index >= 15 is 0 Å². The molecule has 23 heavy (non-hydrogen) atoms. The minimum absolute atomic E-state index is 0.161. The van der Waals surface area contributed by atoms with Crippen LogP contribution in [0.4, 0.5) is 4.79 Å². The average Bonchev–Trinajstić information content (AvgIpc) is 3.30. The van der Waals surface area contributed by atoms with Crippen molar-refractivity contribution < 1.29 is 9.59 Å². The summed E-state index contributed by atoms with van der Waals surface area (Å²) >= 11 is 1.31. The minimum atomic E-state index is -0.390. The molecule has 1 heterocycles. The van der Waals surface area contributed by atoms with Gasteiger partial charge in [-0.25, -0.2) is 4.79 Å². The maximum Gasteiger partial charge on any atom is 0.321 e. The van der Waals surface area contributed by atoms with Gasteiger partial charge in [0.25, 0.3) is 0 Å². The van der Waals surface area contributed by atoms with Crippen LogP contribution in [-0.2, 0) is 11.8 Å². The van der Waals surface area contributed by atoms with E-state index < -0.39 is 0 Å². The zero-order valence-electron chi connectivity index (χ0n) is 13.4. The number of hydrogen-bond donors (Lipinski definition) is 2. The Bertz CT molecular complexity index is 578. The van der Waals surface area contributed by atoms with Gasteiger partial charge in [0.1, 0.15) is 5.82 Å². The molecule has 2 saturated carbocycles. The Balaban J connectivity index is 1.41. The summed E-state index contributed by atoms with van der Waals surface area (Å²) in [6.07, 6.45) is 7.85. The van der Waals surface area contributed by atoms with Gasteiger partial charge in [0.2, 0.25) is 5.91 Å². The third-order valence-electron chi connectivity index (χ3n) is 4.34. The van der Waals surface area contributed by atoms with Crippen LogP contribution in [0, 0.1) is 0 Å². The summed E-state index contributed by atoms with van der Waals surface area (Å²) in [5.41, 5.74) is 0. The first-order valence-corrected chi connectivity index (χ1v) is 9.24. The number of amides is 3. The van der Waals surface area contributed by atoms with Gasteiger partial charge in [0.05, 0.1) is 5.75 Å². The van der Waals surface area contributed by atoms with Crippen LogP contribution in [0.15, 0.2) is 5.16 Å². The predicted octanol–water partition coefficient (Wildman–Crippen LogP) is 1.94. The van der Waals surface area contributed by atoms with E-state index in [4.69, 9.17) is 0 Å². The number of rotatable bonds is 5. The molecule has 0 aliphatic heterocycles. The van der Waals surface area contributed by atoms with Crippen molar-refractivity contribution in [3.05, 3.63) is 5.82 Å². The molecule has 0 saturated heterocycles. The molecule has 2 aliphatic carbocycles. The van der Waals surface area contributed by atoms with E-state index in [1.165, 1.54) is 31.0 Å². The number of aromatic nitrogens is 3. The molecule has 3 rings (SSSR count). The molecule has 0 aromatic carbocycles. The number of thioether (sulfide) groups is 1. The van der Waals surface area contributed by atoms with E-state index in [9.17, 15) is 9.59 Å². The van der Waals surface area contributed by atoms with Crippen LogP contribution in [0.25, 0.3) is 0 Å². The second kappa shape index (κ2) is 7.33. The van der Waals surface area contributed by atoms with Gasteiger partial charge in [-0.05, 0) is 25.7 Å². The Kier molecular flexibility index (Phi) is 5.20. The predicted molar refractivity (Wildman–Crippen MR) is 87.2 cm³/mol. The molecule has 3 amide bonds. The second-order valence-electron chi connectivity index (χ2n) is 6.32. The van der Waals surface area contributed by atoms with E-state index in [2.05, 4.69) is 20.8 Å². The van der Waals surface area contributed by atoms with Crippen molar-refractivity contribution in [3.63, 3.8) is 0 Å². The standard InChI is InChI=1S/C15H23N5O2S/c1-20-13(10-7-8-10)18-19-15(20)23-9-12(21)17-14(22)16-11-5-3-2-4-6-11/h10-11H,2-9H2,1H3,(H2,16,17,21,22). The van der Waals surface area contributed by atoms with Gasteiger partial charge < -0.3 is 9.88 Å². The summed E-state index contributed by atoms with van der Waals surface area (Å²) in [5.74, 6) is 1.37. The number of nitrogens with zero attached hydrogens (tertiary/aromatic N) is 3. The second-order valence-corrected chi connectivity index (χ2v) is 7.26. The van der Waals surface area contributed by atoms with E-state index in [0.717, 1.165) is 36.7 Å². The fourth-order valence-electron chi connectivity index (χ4n) is 2.91. The first-order chi connectivity index (χ1) is 11.1. The van der Waals surface area contributed by atoms with Gasteiger partial charge in [-0.1, -0.05) is 31.0 Å². The number of nitrogens with one attached hydrogen (secondary N) is 2. The van der Waals surface area contributed by atoms with Crippen molar-refractivity contribution in [1.82, 2.24) is 25.4 Å². The van der Waals surface area contributed by atoms with Crippen molar-refractivity contribution in [3.8, 4) is 0 Å². The number of imide groups is 1. The van der Waals surface area contributed by atoms with E-state index in [1.54, 1.807) is 0 Å². The lowest BCUT2D eigenvalue weighted by atomic mass is 9.96. The number of carbonyl (C=O) groups is 2. The Hall–Kier alpha value is -1.57. The molecule has 126 valence electrons. The van der Waals surface area contributed by atoms with E-state index in [1.807, 2.05) is 11.6 Å². The van der Waals surface area contributed by atoms with Crippen LogP contribution in [0.5, 0.6) is 0 Å². The number of hydrogen-bond acceptors (Lipinski definition) is 5. The number of carbonyl (C=O) groups excluding carboxylic acids is 2. The van der Waals surface area contributed by atoms with Gasteiger partial charge in [0.15, 0.2) is 5.16 Å². The Morgan fingerprint density at radius 1 is 1.17 bits per heavy atom. The van der Waals surface area contributed by atoms with Crippen molar-refractivity contribution in [2.75, 3.05) is 5.75 Å². The molecule has 0 unspecified atom stereocenters. The maximum atomic E-state index is 11.9. The SMILES string of the molecule is Cn1c(SCC(=O)NC(=O)NC2CCCCC2)nnc1C1CC1. The summed E-state index contributed by atoms with van der Waals surface area (Å²) in [4.78, 5) is 23.7. The third-order valence-corrected chi connectivity index (χ3v) is 5.36. The Labute approximate surface area is 140 Å². The highest BCUT2D eigenvalue weighted by atomic mass is 32.2. The fourth-order valence-corrected chi connectivity index (χ4v) is 3.63. The largest absolute Gasteiger partial charge is 0.335 e. The highest BCUT2D eigenvalue weighted by Gasteiger charge is 2.29. The lowest BCUT2D eigenvalue weighted by Crippen LogP contribution is -2.45. The molecular formula is C15H23N5O2S. The van der Waals surface area contributed by atoms with Gasteiger partial charge >= 0.3 is 6.03 Å². The minimum Gasteiger partial charge on any atom is -0.335 e. The van der Waals surface area contributed by atoms with Crippen molar-refractivity contribution in [2.45, 2.75) is 62.1 Å². The molecule has 8 heteroatoms. The lowest BCUT2D eigenvalue weighted by Gasteiger charge is -2.22. The lowest BCUT2D eigenvalue weighted by molar-refractivity contribution is -0.117. The van der Waals surface area contributed by atoms with Gasteiger partial charge in [0, 0.05) is 19.0 Å². The fraction of sp³-hybridized carbons (Fsp3) is 0.733. The molecule has 0 spiro atoms. The summed E-state index contributed by atoms with van der Waals surface area (Å²) in [7, 11) is 1.92. The van der Waals surface area contributed by atoms with Crippen LogP contribution in [-0.4, -0.2) is 38.5 Å². The van der Waals surface area contributed by atoms with E-state index in [0.29, 0.717) is 5.92 Å². The molecular weight excluding hydrogens is 314 g/mol. The van der Waals surface area contributed by atoms with Crippen molar-refractivity contribution in [2.24, 2.45) is 7.05 Å².